The van der Waals surface area contributed by atoms with Crippen LogP contribution >= 0.6 is 0 Å². The quantitative estimate of drug-likeness (QED) is 0.816. The van der Waals surface area contributed by atoms with Crippen molar-refractivity contribution in [3.63, 3.8) is 0 Å². The highest BCUT2D eigenvalue weighted by molar-refractivity contribution is 6.31. The molecule has 0 radical (unpaired) electrons. The van der Waals surface area contributed by atoms with Gasteiger partial charge in [0.2, 0.25) is 11.4 Å². The number of likely N-dealkylation sites (N-methyl/N-ethyl adjacent to an activating group) is 1. The van der Waals surface area contributed by atoms with Gasteiger partial charge in [0, 0.05) is 18.2 Å². The van der Waals surface area contributed by atoms with Gasteiger partial charge in [-0.25, -0.2) is 4.99 Å². The lowest BCUT2D eigenvalue weighted by atomic mass is 9.81. The first kappa shape index (κ1) is 13.9. The van der Waals surface area contributed by atoms with Crippen molar-refractivity contribution in [2.24, 2.45) is 4.99 Å². The number of hydrogen-bond donors (Lipinski definition) is 0. The molecule has 0 saturated heterocycles. The van der Waals surface area contributed by atoms with Crippen molar-refractivity contribution in [3.05, 3.63) is 72.3 Å². The molecule has 4 nitrogen and oxygen atoms in total. The molecule has 0 N–H and O–H groups in total. The summed E-state index contributed by atoms with van der Waals surface area (Å²) in [6.45, 7) is 3.98. The van der Waals surface area contributed by atoms with Crippen molar-refractivity contribution >= 4 is 23.0 Å². The minimum absolute atomic E-state index is 0.0725. The molecule has 0 spiro atoms. The molecule has 23 heavy (non-hydrogen) atoms. The van der Waals surface area contributed by atoms with Gasteiger partial charge in [-0.2, -0.15) is 0 Å². The number of ether oxygens (including phenoxy) is 1. The van der Waals surface area contributed by atoms with Gasteiger partial charge in [-0.15, -0.1) is 6.58 Å². The number of rotatable bonds is 3. The van der Waals surface area contributed by atoms with Crippen LogP contribution in [-0.2, 0) is 10.3 Å². The van der Waals surface area contributed by atoms with Gasteiger partial charge in [0.25, 0.3) is 0 Å². The van der Waals surface area contributed by atoms with Crippen molar-refractivity contribution in [1.29, 1.82) is 0 Å². The molecule has 0 saturated carbocycles. The number of carbonyl (C=O) groups is 1. The molecule has 2 aromatic carbocycles. The van der Waals surface area contributed by atoms with Crippen molar-refractivity contribution in [1.82, 2.24) is 0 Å². The van der Waals surface area contributed by atoms with Crippen molar-refractivity contribution in [2.45, 2.75) is 5.60 Å². The van der Waals surface area contributed by atoms with E-state index in [0.717, 1.165) is 16.9 Å². The predicted octanol–water partition coefficient (Wildman–Crippen LogP) is 3.46. The number of amidine groups is 1. The Balaban J connectivity index is 2.01. The molecule has 0 aliphatic carbocycles. The average Bonchev–Trinajstić information content (AvgIpc) is 2.94. The minimum Gasteiger partial charge on any atom is -0.350 e. The summed E-state index contributed by atoms with van der Waals surface area (Å²) in [6, 6.07) is 15.2. The molecule has 4 heteroatoms. The van der Waals surface area contributed by atoms with E-state index in [1.807, 2.05) is 60.5 Å². The Hall–Kier alpha value is -2.72. The molecular formula is C19H16N2O2. The van der Waals surface area contributed by atoms with E-state index in [4.69, 9.17) is 9.73 Å². The number of fused-ring (bicyclic) bond motifs is 4. The molecule has 1 unspecified atom stereocenters. The lowest BCUT2D eigenvalue weighted by molar-refractivity contribution is 0.0226. The number of aliphatic imine (C=N–C) groups is 1. The molecule has 4 rings (SSSR count). The third-order valence-electron chi connectivity index (χ3n) is 4.39. The van der Waals surface area contributed by atoms with Crippen LogP contribution in [0.2, 0.25) is 0 Å². The first-order valence-electron chi connectivity index (χ1n) is 7.51. The van der Waals surface area contributed by atoms with Gasteiger partial charge in [-0.05, 0) is 18.2 Å². The number of anilines is 1. The normalized spacial score (nSPS) is 21.3. The molecule has 0 fully saturated rings. The first-order valence-corrected chi connectivity index (χ1v) is 7.51. The maximum absolute atomic E-state index is 13.4. The largest absolute Gasteiger partial charge is 0.350 e. The van der Waals surface area contributed by atoms with Gasteiger partial charge in [0.15, 0.2) is 5.84 Å². The standard InChI is InChI=1S/C19H16N2O2/c1-3-12-23-19-14-9-5-6-10-15(14)20-18(19)21(2)16-11-7-4-8-13(16)17(19)22/h3-11H,1,12H2,2H3. The third kappa shape index (κ3) is 1.69. The summed E-state index contributed by atoms with van der Waals surface area (Å²) < 4.78 is 6.07. The lowest BCUT2D eigenvalue weighted by Gasteiger charge is -2.39. The number of benzene rings is 2. The van der Waals surface area contributed by atoms with Crippen LogP contribution < -0.4 is 4.90 Å². The lowest BCUT2D eigenvalue weighted by Crippen LogP contribution is -2.54. The molecule has 0 aromatic heterocycles. The summed E-state index contributed by atoms with van der Waals surface area (Å²) in [4.78, 5) is 20.0. The van der Waals surface area contributed by atoms with Crippen molar-refractivity contribution < 1.29 is 9.53 Å². The highest BCUT2D eigenvalue weighted by Gasteiger charge is 2.56. The fraction of sp³-hybridized carbons (Fsp3) is 0.158. The summed E-state index contributed by atoms with van der Waals surface area (Å²) in [6.07, 6.45) is 1.65. The van der Waals surface area contributed by atoms with Crippen molar-refractivity contribution in [3.8, 4) is 0 Å². The Morgan fingerprint density at radius 2 is 1.96 bits per heavy atom. The van der Waals surface area contributed by atoms with Crippen LogP contribution in [0.1, 0.15) is 15.9 Å². The average molecular weight is 304 g/mol. The highest BCUT2D eigenvalue weighted by Crippen LogP contribution is 2.48. The zero-order valence-corrected chi connectivity index (χ0v) is 12.8. The van der Waals surface area contributed by atoms with E-state index in [-0.39, 0.29) is 12.4 Å². The SMILES string of the molecule is C=CCOC12C(=O)c3ccccc3N(C)C1=Nc1ccccc12. The van der Waals surface area contributed by atoms with Crippen LogP contribution in [0, 0.1) is 0 Å². The van der Waals surface area contributed by atoms with E-state index in [1.165, 1.54) is 0 Å². The first-order chi connectivity index (χ1) is 11.2. The van der Waals surface area contributed by atoms with Crippen LogP contribution in [-0.4, -0.2) is 25.3 Å². The molecule has 0 bridgehead atoms. The summed E-state index contributed by atoms with van der Waals surface area (Å²) in [7, 11) is 1.92. The van der Waals surface area contributed by atoms with Gasteiger partial charge < -0.3 is 9.64 Å². The molecular weight excluding hydrogens is 288 g/mol. The number of hydrogen-bond acceptors (Lipinski definition) is 4. The van der Waals surface area contributed by atoms with Gasteiger partial charge >= 0.3 is 0 Å². The Kier molecular flexibility index (Phi) is 2.96. The van der Waals surface area contributed by atoms with Crippen LogP contribution in [0.3, 0.4) is 0 Å². The highest BCUT2D eigenvalue weighted by atomic mass is 16.5. The van der Waals surface area contributed by atoms with E-state index in [2.05, 4.69) is 6.58 Å². The smallest absolute Gasteiger partial charge is 0.216 e. The van der Waals surface area contributed by atoms with Gasteiger partial charge in [0.05, 0.1) is 18.0 Å². The monoisotopic (exact) mass is 304 g/mol. The Bertz CT molecular complexity index is 856. The van der Waals surface area contributed by atoms with Crippen LogP contribution in [0.15, 0.2) is 66.2 Å². The summed E-state index contributed by atoms with van der Waals surface area (Å²) in [5, 5.41) is 0. The summed E-state index contributed by atoms with van der Waals surface area (Å²) >= 11 is 0. The summed E-state index contributed by atoms with van der Waals surface area (Å²) in [5.74, 6) is 0.543. The van der Waals surface area contributed by atoms with E-state index in [0.29, 0.717) is 11.4 Å². The number of para-hydroxylation sites is 2. The second kappa shape index (κ2) is 4.89. The summed E-state index contributed by atoms with van der Waals surface area (Å²) in [5.41, 5.74) is 1.88. The van der Waals surface area contributed by atoms with Gasteiger partial charge in [-0.1, -0.05) is 36.4 Å². The molecule has 0 amide bonds. The van der Waals surface area contributed by atoms with Gasteiger partial charge in [-0.3, -0.25) is 4.79 Å². The minimum atomic E-state index is -1.19. The number of nitrogens with zero attached hydrogens (tertiary/aromatic N) is 2. The van der Waals surface area contributed by atoms with E-state index in [1.54, 1.807) is 6.08 Å². The Morgan fingerprint density at radius 3 is 2.78 bits per heavy atom. The topological polar surface area (TPSA) is 41.9 Å². The predicted molar refractivity (Wildman–Crippen MR) is 90.5 cm³/mol. The van der Waals surface area contributed by atoms with Crippen LogP contribution in [0.4, 0.5) is 11.4 Å². The molecule has 2 heterocycles. The van der Waals surface area contributed by atoms with Crippen LogP contribution in [0.5, 0.6) is 0 Å². The van der Waals surface area contributed by atoms with E-state index >= 15 is 0 Å². The molecule has 2 aliphatic rings. The zero-order valence-electron chi connectivity index (χ0n) is 12.8. The van der Waals surface area contributed by atoms with Gasteiger partial charge in [0.1, 0.15) is 0 Å². The van der Waals surface area contributed by atoms with Crippen LogP contribution in [0.25, 0.3) is 0 Å². The molecule has 2 aliphatic heterocycles. The number of carbonyl (C=O) groups excluding carboxylic acids is 1. The number of Topliss-reactive ketones (excluding diaryl/α,β-unsaturated/α-hetero) is 1. The second-order valence-electron chi connectivity index (χ2n) is 5.64. The number of ketones is 1. The third-order valence-corrected chi connectivity index (χ3v) is 4.39. The maximum Gasteiger partial charge on any atom is 0.216 e. The Labute approximate surface area is 134 Å². The fourth-order valence-electron chi connectivity index (χ4n) is 3.37. The van der Waals surface area contributed by atoms with E-state index < -0.39 is 5.60 Å². The molecule has 1 atom stereocenters. The Morgan fingerprint density at radius 1 is 1.22 bits per heavy atom. The second-order valence-corrected chi connectivity index (χ2v) is 5.64. The van der Waals surface area contributed by atoms with Crippen molar-refractivity contribution in [2.75, 3.05) is 18.6 Å². The maximum atomic E-state index is 13.4. The molecule has 114 valence electrons. The fourth-order valence-corrected chi connectivity index (χ4v) is 3.37. The molecule has 2 aromatic rings. The van der Waals surface area contributed by atoms with E-state index in [9.17, 15) is 4.79 Å². The zero-order chi connectivity index (χ0) is 16.0.